The minimum atomic E-state index is -0.350. The molecule has 0 aliphatic heterocycles. The first-order valence-electron chi connectivity index (χ1n) is 10.3. The van der Waals surface area contributed by atoms with Crippen molar-refractivity contribution in [2.75, 3.05) is 18.9 Å². The van der Waals surface area contributed by atoms with Crippen LogP contribution in [0.25, 0.3) is 0 Å². The molecule has 4 aliphatic rings. The number of nitrogens with one attached hydrogen (secondary N) is 2. The zero-order valence-electron chi connectivity index (χ0n) is 16.6. The van der Waals surface area contributed by atoms with Gasteiger partial charge in [-0.15, -0.1) is 0 Å². The third-order valence-corrected chi connectivity index (χ3v) is 7.32. The third kappa shape index (κ3) is 4.25. The van der Waals surface area contributed by atoms with E-state index < -0.39 is 0 Å². The number of hydrogen-bond acceptors (Lipinski definition) is 4. The standard InChI is InChI=1S/C21H29BrN4O2/c1-13(26(2)12-19(27)24-18-4-3-17(22)11-23-18)20(28)25-21-8-14-5-15(9-21)7-16(6-14)10-21/h3-4,11,13-16H,5-10,12H2,1-2H3,(H,25,28)(H,23,24,27). The second-order valence-corrected chi connectivity index (χ2v) is 10.1. The molecule has 1 heterocycles. The lowest BCUT2D eigenvalue weighted by Gasteiger charge is -2.57. The zero-order valence-corrected chi connectivity index (χ0v) is 18.2. The van der Waals surface area contributed by atoms with Crippen molar-refractivity contribution in [2.24, 2.45) is 17.8 Å². The molecule has 1 aromatic heterocycles. The van der Waals surface area contributed by atoms with E-state index in [1.165, 1.54) is 19.3 Å². The number of halogens is 1. The minimum absolute atomic E-state index is 0.00450. The van der Waals surface area contributed by atoms with E-state index in [1.807, 2.05) is 20.0 Å². The molecule has 4 saturated carbocycles. The first-order valence-corrected chi connectivity index (χ1v) is 11.0. The van der Waals surface area contributed by atoms with Crippen LogP contribution in [-0.4, -0.2) is 46.9 Å². The van der Waals surface area contributed by atoms with Gasteiger partial charge < -0.3 is 10.6 Å². The fourth-order valence-corrected chi connectivity index (χ4v) is 6.06. The summed E-state index contributed by atoms with van der Waals surface area (Å²) in [7, 11) is 1.82. The van der Waals surface area contributed by atoms with Crippen LogP contribution in [-0.2, 0) is 9.59 Å². The van der Waals surface area contributed by atoms with E-state index in [9.17, 15) is 9.59 Å². The molecular weight excluding hydrogens is 420 g/mol. The second kappa shape index (κ2) is 7.75. The van der Waals surface area contributed by atoms with Crippen LogP contribution >= 0.6 is 15.9 Å². The summed E-state index contributed by atoms with van der Waals surface area (Å²) in [4.78, 5) is 31.2. The SMILES string of the molecule is CC(C(=O)NC12CC3CC(CC(C3)C1)C2)N(C)CC(=O)Nc1ccc(Br)cn1. The molecule has 1 atom stereocenters. The van der Waals surface area contributed by atoms with Gasteiger partial charge >= 0.3 is 0 Å². The predicted octanol–water partition coefficient (Wildman–Crippen LogP) is 3.19. The molecule has 28 heavy (non-hydrogen) atoms. The number of nitrogens with zero attached hydrogens (tertiary/aromatic N) is 2. The normalized spacial score (nSPS) is 31.6. The average Bonchev–Trinajstić information content (AvgIpc) is 2.61. The molecule has 5 rings (SSSR count). The van der Waals surface area contributed by atoms with Gasteiger partial charge in [0.1, 0.15) is 5.82 Å². The van der Waals surface area contributed by atoms with Gasteiger partial charge in [-0.2, -0.15) is 0 Å². The Hall–Kier alpha value is -1.47. The van der Waals surface area contributed by atoms with Gasteiger partial charge in [0.15, 0.2) is 0 Å². The number of rotatable bonds is 6. The second-order valence-electron chi connectivity index (χ2n) is 9.19. The highest BCUT2D eigenvalue weighted by Gasteiger charge is 2.51. The van der Waals surface area contributed by atoms with Crippen molar-refractivity contribution < 1.29 is 9.59 Å². The summed E-state index contributed by atoms with van der Waals surface area (Å²) in [5.41, 5.74) is 0.00450. The number of amides is 2. The van der Waals surface area contributed by atoms with Gasteiger partial charge in [-0.3, -0.25) is 14.5 Å². The maximum atomic E-state index is 12.9. The smallest absolute Gasteiger partial charge is 0.239 e. The van der Waals surface area contributed by atoms with Gasteiger partial charge in [-0.05, 0) is 98.3 Å². The molecular formula is C21H29BrN4O2. The molecule has 152 valence electrons. The lowest BCUT2D eigenvalue weighted by molar-refractivity contribution is -0.131. The Bertz CT molecular complexity index is 716. The Kier molecular flexibility index (Phi) is 5.49. The molecule has 0 radical (unpaired) electrons. The molecule has 4 bridgehead atoms. The first-order chi connectivity index (χ1) is 13.3. The number of aromatic nitrogens is 1. The van der Waals surface area contributed by atoms with Crippen LogP contribution in [0.3, 0.4) is 0 Å². The summed E-state index contributed by atoms with van der Waals surface area (Å²) in [5.74, 6) is 2.76. The van der Waals surface area contributed by atoms with E-state index in [0.29, 0.717) is 5.82 Å². The molecule has 6 nitrogen and oxygen atoms in total. The number of carbonyl (C=O) groups excluding carboxylic acids is 2. The van der Waals surface area contributed by atoms with Crippen molar-refractivity contribution in [2.45, 2.75) is 57.0 Å². The monoisotopic (exact) mass is 448 g/mol. The Balaban J connectivity index is 1.31. The average molecular weight is 449 g/mol. The highest BCUT2D eigenvalue weighted by atomic mass is 79.9. The van der Waals surface area contributed by atoms with Gasteiger partial charge in [0, 0.05) is 16.2 Å². The number of carbonyl (C=O) groups is 2. The summed E-state index contributed by atoms with van der Waals surface area (Å²) in [6.45, 7) is 2.02. The lowest BCUT2D eigenvalue weighted by atomic mass is 9.53. The fraction of sp³-hybridized carbons (Fsp3) is 0.667. The van der Waals surface area contributed by atoms with Crippen molar-refractivity contribution in [1.82, 2.24) is 15.2 Å². The Morgan fingerprint density at radius 3 is 2.36 bits per heavy atom. The minimum Gasteiger partial charge on any atom is -0.349 e. The van der Waals surface area contributed by atoms with Gasteiger partial charge in [0.05, 0.1) is 12.6 Å². The fourth-order valence-electron chi connectivity index (χ4n) is 5.83. The molecule has 2 amide bonds. The summed E-state index contributed by atoms with van der Waals surface area (Å²) in [6.07, 6.45) is 9.12. The van der Waals surface area contributed by atoms with Gasteiger partial charge in [-0.25, -0.2) is 4.98 Å². The maximum absolute atomic E-state index is 12.9. The summed E-state index contributed by atoms with van der Waals surface area (Å²) < 4.78 is 0.859. The molecule has 0 aromatic carbocycles. The van der Waals surface area contributed by atoms with Crippen LogP contribution in [0.2, 0.25) is 0 Å². The highest BCUT2D eigenvalue weighted by molar-refractivity contribution is 9.10. The Labute approximate surface area is 175 Å². The molecule has 0 saturated heterocycles. The predicted molar refractivity (Wildman–Crippen MR) is 112 cm³/mol. The summed E-state index contributed by atoms with van der Waals surface area (Å²) in [5, 5.41) is 6.18. The van der Waals surface area contributed by atoms with Crippen LogP contribution in [0.15, 0.2) is 22.8 Å². The van der Waals surface area contributed by atoms with Crippen molar-refractivity contribution in [3.05, 3.63) is 22.8 Å². The van der Waals surface area contributed by atoms with Crippen LogP contribution in [0.4, 0.5) is 5.82 Å². The zero-order chi connectivity index (χ0) is 19.9. The number of pyridine rings is 1. The highest BCUT2D eigenvalue weighted by Crippen LogP contribution is 2.55. The molecule has 2 N–H and O–H groups in total. The van der Waals surface area contributed by atoms with Gasteiger partial charge in [0.2, 0.25) is 11.8 Å². The summed E-state index contributed by atoms with van der Waals surface area (Å²) >= 11 is 3.32. The number of hydrogen-bond donors (Lipinski definition) is 2. The number of likely N-dealkylation sites (N-methyl/N-ethyl adjacent to an activating group) is 1. The molecule has 4 fully saturated rings. The summed E-state index contributed by atoms with van der Waals surface area (Å²) in [6, 6.07) is 3.22. The van der Waals surface area contributed by atoms with E-state index in [-0.39, 0.29) is 29.9 Å². The lowest BCUT2D eigenvalue weighted by Crippen LogP contribution is -2.62. The Morgan fingerprint density at radius 1 is 1.21 bits per heavy atom. The van der Waals surface area contributed by atoms with E-state index >= 15 is 0 Å². The van der Waals surface area contributed by atoms with Crippen LogP contribution < -0.4 is 10.6 Å². The maximum Gasteiger partial charge on any atom is 0.239 e. The molecule has 7 heteroatoms. The van der Waals surface area contributed by atoms with E-state index in [2.05, 4.69) is 31.5 Å². The van der Waals surface area contributed by atoms with Crippen LogP contribution in [0.5, 0.6) is 0 Å². The van der Waals surface area contributed by atoms with Crippen molar-refractivity contribution >= 4 is 33.6 Å². The van der Waals surface area contributed by atoms with E-state index in [1.54, 1.807) is 17.2 Å². The van der Waals surface area contributed by atoms with Crippen molar-refractivity contribution in [3.8, 4) is 0 Å². The van der Waals surface area contributed by atoms with Crippen molar-refractivity contribution in [1.29, 1.82) is 0 Å². The third-order valence-electron chi connectivity index (χ3n) is 6.86. The molecule has 1 unspecified atom stereocenters. The van der Waals surface area contributed by atoms with Gasteiger partial charge in [0.25, 0.3) is 0 Å². The first kappa shape index (κ1) is 19.8. The van der Waals surface area contributed by atoms with Crippen LogP contribution in [0, 0.1) is 17.8 Å². The van der Waals surface area contributed by atoms with E-state index in [4.69, 9.17) is 0 Å². The molecule has 1 aromatic rings. The van der Waals surface area contributed by atoms with Crippen LogP contribution in [0.1, 0.15) is 45.4 Å². The molecule has 4 aliphatic carbocycles. The quantitative estimate of drug-likeness (QED) is 0.700. The Morgan fingerprint density at radius 2 is 1.82 bits per heavy atom. The topological polar surface area (TPSA) is 74.3 Å². The van der Waals surface area contributed by atoms with Crippen molar-refractivity contribution in [3.63, 3.8) is 0 Å². The number of anilines is 1. The molecule has 0 spiro atoms. The van der Waals surface area contributed by atoms with E-state index in [0.717, 1.165) is 41.5 Å². The van der Waals surface area contributed by atoms with Gasteiger partial charge in [-0.1, -0.05) is 0 Å². The largest absolute Gasteiger partial charge is 0.349 e.